The van der Waals surface area contributed by atoms with Crippen LogP contribution in [0, 0.1) is 17.0 Å². The second-order valence-electron chi connectivity index (χ2n) is 9.33. The normalized spacial score (nSPS) is 11.9. The molecule has 11 nitrogen and oxygen atoms in total. The first-order valence-electron chi connectivity index (χ1n) is 12.7. The van der Waals surface area contributed by atoms with Crippen LogP contribution in [0.25, 0.3) is 10.9 Å². The minimum atomic E-state index is -0.640. The molecule has 3 aromatic carbocycles. The van der Waals surface area contributed by atoms with Gasteiger partial charge in [0.25, 0.3) is 11.5 Å². The summed E-state index contributed by atoms with van der Waals surface area (Å²) < 4.78 is 12.8. The van der Waals surface area contributed by atoms with E-state index in [9.17, 15) is 19.7 Å². The third-order valence-electron chi connectivity index (χ3n) is 6.37. The van der Waals surface area contributed by atoms with Crippen molar-refractivity contribution in [2.75, 3.05) is 19.0 Å². The van der Waals surface area contributed by atoms with E-state index >= 15 is 0 Å². The van der Waals surface area contributed by atoms with Gasteiger partial charge in [-0.3, -0.25) is 19.7 Å². The van der Waals surface area contributed by atoms with Gasteiger partial charge in [0.05, 0.1) is 29.2 Å². The Hall–Kier alpha value is -4.58. The van der Waals surface area contributed by atoms with E-state index in [-0.39, 0.29) is 28.5 Å². The number of aromatic nitrogens is 2. The van der Waals surface area contributed by atoms with E-state index in [0.29, 0.717) is 28.8 Å². The number of nitrogens with one attached hydrogen (secondary N) is 1. The average molecular weight is 622 g/mol. The Morgan fingerprint density at radius 2 is 1.95 bits per heavy atom. The van der Waals surface area contributed by atoms with Gasteiger partial charge in [-0.2, -0.15) is 9.78 Å². The molecule has 0 aliphatic heterocycles. The number of halogens is 1. The number of carbonyl (C=O) groups is 1. The van der Waals surface area contributed by atoms with Crippen molar-refractivity contribution in [2.45, 2.75) is 33.1 Å². The van der Waals surface area contributed by atoms with Crippen LogP contribution in [0.3, 0.4) is 0 Å². The van der Waals surface area contributed by atoms with Gasteiger partial charge < -0.3 is 14.8 Å². The van der Waals surface area contributed by atoms with Crippen LogP contribution in [0.2, 0.25) is 0 Å². The van der Waals surface area contributed by atoms with Gasteiger partial charge in [0.1, 0.15) is 5.82 Å². The lowest BCUT2D eigenvalue weighted by molar-refractivity contribution is -0.385. The summed E-state index contributed by atoms with van der Waals surface area (Å²) >= 11 is 3.38. The molecule has 4 rings (SSSR count). The molecule has 0 bridgehead atoms. The Morgan fingerprint density at radius 3 is 2.61 bits per heavy atom. The van der Waals surface area contributed by atoms with Crippen molar-refractivity contribution in [1.29, 1.82) is 0 Å². The first-order chi connectivity index (χ1) is 19.6. The Morgan fingerprint density at radius 1 is 1.22 bits per heavy atom. The number of nitro groups is 1. The minimum absolute atomic E-state index is 0.0267. The number of rotatable bonds is 10. The fourth-order valence-electron chi connectivity index (χ4n) is 3.99. The Kier molecular flexibility index (Phi) is 9.13. The summed E-state index contributed by atoms with van der Waals surface area (Å²) in [5.74, 6) is -0.298. The number of nitrogens with zero attached hydrogens (tertiary/aromatic N) is 4. The monoisotopic (exact) mass is 621 g/mol. The molecule has 0 saturated carbocycles. The summed E-state index contributed by atoms with van der Waals surface area (Å²) in [5, 5.41) is 19.4. The van der Waals surface area contributed by atoms with E-state index in [1.807, 2.05) is 39.0 Å². The first-order valence-corrected chi connectivity index (χ1v) is 13.5. The maximum Gasteiger partial charge on any atom is 0.315 e. The lowest BCUT2D eigenvalue weighted by Gasteiger charge is -2.14. The summed E-state index contributed by atoms with van der Waals surface area (Å²) in [5.41, 5.74) is 1.63. The van der Waals surface area contributed by atoms with E-state index in [2.05, 4.69) is 31.3 Å². The molecule has 0 aliphatic carbocycles. The number of fused-ring (bicyclic) bond motifs is 1. The molecule has 1 amide bonds. The molecule has 41 heavy (non-hydrogen) atoms. The Bertz CT molecular complexity index is 1700. The summed E-state index contributed by atoms with van der Waals surface area (Å²) in [6.45, 7) is 5.36. The van der Waals surface area contributed by atoms with Crippen molar-refractivity contribution in [1.82, 2.24) is 9.66 Å². The van der Waals surface area contributed by atoms with E-state index in [1.54, 1.807) is 24.3 Å². The van der Waals surface area contributed by atoms with E-state index < -0.39 is 23.1 Å². The number of amides is 1. The highest BCUT2D eigenvalue weighted by molar-refractivity contribution is 9.10. The van der Waals surface area contributed by atoms with Crippen molar-refractivity contribution >= 4 is 50.3 Å². The minimum Gasteiger partial charge on any atom is -0.493 e. The van der Waals surface area contributed by atoms with Gasteiger partial charge in [0.2, 0.25) is 5.75 Å². The summed E-state index contributed by atoms with van der Waals surface area (Å²) in [6.07, 6.45) is 2.04. The van der Waals surface area contributed by atoms with Crippen LogP contribution in [-0.4, -0.2) is 40.4 Å². The summed E-state index contributed by atoms with van der Waals surface area (Å²) in [4.78, 5) is 41.8. The van der Waals surface area contributed by atoms with Crippen LogP contribution < -0.4 is 20.3 Å². The third-order valence-corrected chi connectivity index (χ3v) is 6.86. The number of nitro benzene ring substituents is 1. The maximum atomic E-state index is 13.4. The highest BCUT2D eigenvalue weighted by Crippen LogP contribution is 2.38. The lowest BCUT2D eigenvalue weighted by atomic mass is 10.1. The molecule has 0 unspecified atom stereocenters. The molecule has 1 aromatic heterocycles. The number of ether oxygens (including phenoxy) is 2. The van der Waals surface area contributed by atoms with Crippen molar-refractivity contribution < 1.29 is 19.2 Å². The lowest BCUT2D eigenvalue weighted by Crippen LogP contribution is -2.23. The zero-order valence-electron chi connectivity index (χ0n) is 22.9. The van der Waals surface area contributed by atoms with Gasteiger partial charge >= 0.3 is 5.69 Å². The number of carbonyl (C=O) groups excluding carboxylic acids is 1. The van der Waals surface area contributed by atoms with Crippen LogP contribution in [0.4, 0.5) is 11.4 Å². The van der Waals surface area contributed by atoms with Gasteiger partial charge in [-0.1, -0.05) is 47.5 Å². The molecule has 4 aromatic rings. The molecular weight excluding hydrogens is 594 g/mol. The number of benzene rings is 3. The smallest absolute Gasteiger partial charge is 0.315 e. The Labute approximate surface area is 244 Å². The van der Waals surface area contributed by atoms with Gasteiger partial charge in [-0.15, -0.1) is 0 Å². The highest BCUT2D eigenvalue weighted by Gasteiger charge is 2.23. The number of hydrogen-bond acceptors (Lipinski definition) is 8. The number of aryl methyl sites for hydroxylation is 1. The molecular formula is C29H28BrN5O6. The van der Waals surface area contributed by atoms with Crippen LogP contribution in [-0.2, 0) is 4.79 Å². The topological polar surface area (TPSA) is 138 Å². The zero-order valence-corrected chi connectivity index (χ0v) is 24.5. The van der Waals surface area contributed by atoms with Crippen LogP contribution in [0.1, 0.15) is 43.1 Å². The van der Waals surface area contributed by atoms with E-state index in [4.69, 9.17) is 9.47 Å². The molecule has 212 valence electrons. The van der Waals surface area contributed by atoms with E-state index in [0.717, 1.165) is 10.0 Å². The molecule has 1 heterocycles. The summed E-state index contributed by atoms with van der Waals surface area (Å²) in [7, 11) is 1.33. The molecule has 12 heteroatoms. The van der Waals surface area contributed by atoms with Crippen LogP contribution in [0.5, 0.6) is 11.5 Å². The largest absolute Gasteiger partial charge is 0.493 e. The number of methoxy groups -OCH3 is 1. The molecule has 0 fully saturated rings. The van der Waals surface area contributed by atoms with E-state index in [1.165, 1.54) is 30.1 Å². The Balaban J connectivity index is 1.67. The first kappa shape index (κ1) is 29.4. The van der Waals surface area contributed by atoms with Gasteiger partial charge in [-0.05, 0) is 49.7 Å². The molecule has 1 atom stereocenters. The number of anilines is 1. The van der Waals surface area contributed by atoms with Crippen molar-refractivity contribution in [2.24, 2.45) is 5.10 Å². The fourth-order valence-corrected chi connectivity index (χ4v) is 4.35. The molecule has 0 spiro atoms. The second kappa shape index (κ2) is 12.7. The fraction of sp³-hybridized carbons (Fsp3) is 0.241. The van der Waals surface area contributed by atoms with Crippen molar-refractivity contribution in [3.63, 3.8) is 0 Å². The molecule has 1 N–H and O–H groups in total. The predicted octanol–water partition coefficient (Wildman–Crippen LogP) is 5.80. The predicted molar refractivity (Wildman–Crippen MR) is 160 cm³/mol. The summed E-state index contributed by atoms with van der Waals surface area (Å²) in [6, 6.07) is 15.1. The second-order valence-corrected chi connectivity index (χ2v) is 10.2. The molecule has 0 radical (unpaired) electrons. The highest BCUT2D eigenvalue weighted by atomic mass is 79.9. The zero-order chi connectivity index (χ0) is 29.7. The standard InChI is InChI=1S/C29H28BrN5O6/c1-5-18(3)28-33-23-11-8-20(30)14-22(23)29(37)34(28)31-15-19-12-24(35(38)39)27(25(13-19)40-4)41-16-26(36)32-21-9-6-17(2)7-10-21/h6-15,18H,5,16H2,1-4H3,(H,32,36)/t18-/m0/s1. The average Bonchev–Trinajstić information content (AvgIpc) is 2.96. The third kappa shape index (κ3) is 6.77. The van der Waals surface area contributed by atoms with Gasteiger partial charge in [0.15, 0.2) is 12.4 Å². The van der Waals surface area contributed by atoms with Crippen molar-refractivity contribution in [3.8, 4) is 11.5 Å². The van der Waals surface area contributed by atoms with Gasteiger partial charge in [-0.25, -0.2) is 4.98 Å². The quantitative estimate of drug-likeness (QED) is 0.134. The molecule has 0 aliphatic rings. The number of hydrogen-bond donors (Lipinski definition) is 1. The van der Waals surface area contributed by atoms with Crippen LogP contribution >= 0.6 is 15.9 Å². The van der Waals surface area contributed by atoms with Gasteiger partial charge in [0, 0.05) is 27.7 Å². The van der Waals surface area contributed by atoms with Crippen molar-refractivity contribution in [3.05, 3.63) is 96.5 Å². The SMILES string of the molecule is CC[C@H](C)c1nc2ccc(Br)cc2c(=O)n1N=Cc1cc(OC)c(OCC(=O)Nc2ccc(C)cc2)c([N+](=O)[O-])c1. The molecule has 0 saturated heterocycles. The maximum absolute atomic E-state index is 13.4. The van der Waals surface area contributed by atoms with Crippen LogP contribution in [0.15, 0.2) is 69.0 Å².